The third-order valence-corrected chi connectivity index (χ3v) is 2.74. The zero-order chi connectivity index (χ0) is 10.4. The summed E-state index contributed by atoms with van der Waals surface area (Å²) in [6, 6.07) is 3.02. The van der Waals surface area contributed by atoms with Crippen LogP contribution in [0, 0.1) is 0 Å². The third kappa shape index (κ3) is 3.76. The van der Waals surface area contributed by atoms with Gasteiger partial charge in [-0.05, 0) is 11.6 Å². The van der Waals surface area contributed by atoms with Crippen molar-refractivity contribution in [3.05, 3.63) is 30.1 Å². The first-order valence-electron chi connectivity index (χ1n) is 4.15. The number of nitrogens with zero attached hydrogens (tertiary/aromatic N) is 1. The van der Waals surface area contributed by atoms with Crippen molar-refractivity contribution < 1.29 is 9.90 Å². The van der Waals surface area contributed by atoms with Crippen LogP contribution in [0.25, 0.3) is 0 Å². The molecule has 1 aromatic heterocycles. The number of carboxylic acids is 1. The van der Waals surface area contributed by atoms with Crippen LogP contribution in [0.5, 0.6) is 0 Å². The number of thioether (sulfide) groups is 1. The second kappa shape index (κ2) is 5.62. The number of rotatable bonds is 5. The molecule has 0 aliphatic rings. The molecule has 0 fully saturated rings. The predicted octanol–water partition coefficient (Wildman–Crippen LogP) is 0.727. The van der Waals surface area contributed by atoms with Crippen LogP contribution in [0.3, 0.4) is 0 Å². The molecule has 0 saturated carbocycles. The van der Waals surface area contributed by atoms with E-state index in [2.05, 4.69) is 4.98 Å². The van der Waals surface area contributed by atoms with Crippen molar-refractivity contribution in [1.82, 2.24) is 4.98 Å². The first kappa shape index (κ1) is 11.0. The lowest BCUT2D eigenvalue weighted by molar-refractivity contribution is -0.137. The van der Waals surface area contributed by atoms with Crippen LogP contribution in [0.15, 0.2) is 24.5 Å². The molecule has 1 atom stereocenters. The molecule has 0 bridgehead atoms. The molecule has 3 N–H and O–H groups in total. The van der Waals surface area contributed by atoms with E-state index in [1.807, 2.05) is 12.1 Å². The molecule has 0 saturated heterocycles. The summed E-state index contributed by atoms with van der Waals surface area (Å²) in [5.74, 6) is 0.211. The maximum atomic E-state index is 10.4. The first-order chi connectivity index (χ1) is 6.70. The Morgan fingerprint density at radius 1 is 1.71 bits per heavy atom. The summed E-state index contributed by atoms with van der Waals surface area (Å²) >= 11 is 1.50. The van der Waals surface area contributed by atoms with Crippen LogP contribution in [0.4, 0.5) is 0 Å². The SMILES string of the molecule is N[C@H](CSCc1cccnc1)C(=O)O. The molecule has 1 heterocycles. The van der Waals surface area contributed by atoms with Gasteiger partial charge < -0.3 is 10.8 Å². The molecule has 0 aromatic carbocycles. The van der Waals surface area contributed by atoms with Crippen LogP contribution < -0.4 is 5.73 Å². The predicted molar refractivity (Wildman–Crippen MR) is 56.0 cm³/mol. The number of hydrogen-bond acceptors (Lipinski definition) is 4. The summed E-state index contributed by atoms with van der Waals surface area (Å²) in [6.07, 6.45) is 3.47. The lowest BCUT2D eigenvalue weighted by Gasteiger charge is -2.05. The van der Waals surface area contributed by atoms with Gasteiger partial charge in [-0.15, -0.1) is 0 Å². The number of hydrogen-bond donors (Lipinski definition) is 2. The van der Waals surface area contributed by atoms with E-state index in [1.165, 1.54) is 11.8 Å². The number of aromatic nitrogens is 1. The minimum absolute atomic E-state index is 0.421. The van der Waals surface area contributed by atoms with E-state index < -0.39 is 12.0 Å². The second-order valence-corrected chi connectivity index (χ2v) is 3.85. The summed E-state index contributed by atoms with van der Waals surface area (Å²) in [7, 11) is 0. The van der Waals surface area contributed by atoms with Gasteiger partial charge in [-0.3, -0.25) is 9.78 Å². The minimum atomic E-state index is -0.955. The lowest BCUT2D eigenvalue weighted by atomic mass is 10.3. The highest BCUT2D eigenvalue weighted by Crippen LogP contribution is 2.11. The Balaban J connectivity index is 2.26. The van der Waals surface area contributed by atoms with Crippen molar-refractivity contribution in [3.8, 4) is 0 Å². The molecule has 0 aliphatic carbocycles. The van der Waals surface area contributed by atoms with Crippen molar-refractivity contribution in [3.63, 3.8) is 0 Å². The van der Waals surface area contributed by atoms with E-state index in [-0.39, 0.29) is 0 Å². The van der Waals surface area contributed by atoms with E-state index in [4.69, 9.17) is 10.8 Å². The van der Waals surface area contributed by atoms with Crippen molar-refractivity contribution in [2.75, 3.05) is 5.75 Å². The first-order valence-corrected chi connectivity index (χ1v) is 5.30. The standard InChI is InChI=1S/C9H12N2O2S/c10-8(9(12)13)6-14-5-7-2-1-3-11-4-7/h1-4,8H,5-6,10H2,(H,12,13)/t8-/m1/s1. The Bertz CT molecular complexity index is 292. The number of carbonyl (C=O) groups is 1. The van der Waals surface area contributed by atoms with E-state index in [1.54, 1.807) is 12.4 Å². The molecule has 5 heteroatoms. The van der Waals surface area contributed by atoms with E-state index >= 15 is 0 Å². The number of aliphatic carboxylic acids is 1. The normalized spacial score (nSPS) is 12.4. The topological polar surface area (TPSA) is 76.2 Å². The fraction of sp³-hybridized carbons (Fsp3) is 0.333. The average Bonchev–Trinajstić information content (AvgIpc) is 2.19. The summed E-state index contributed by atoms with van der Waals surface area (Å²) in [5.41, 5.74) is 6.42. The minimum Gasteiger partial charge on any atom is -0.480 e. The Morgan fingerprint density at radius 3 is 3.07 bits per heavy atom. The van der Waals surface area contributed by atoms with Gasteiger partial charge in [0.25, 0.3) is 0 Å². The summed E-state index contributed by atoms with van der Waals surface area (Å²) < 4.78 is 0. The quantitative estimate of drug-likeness (QED) is 0.752. The molecule has 0 radical (unpaired) electrons. The summed E-state index contributed by atoms with van der Waals surface area (Å²) in [5, 5.41) is 8.53. The number of nitrogens with two attached hydrogens (primary N) is 1. The van der Waals surface area contributed by atoms with Crippen molar-refractivity contribution in [2.24, 2.45) is 5.73 Å². The largest absolute Gasteiger partial charge is 0.480 e. The number of carboxylic acid groups (broad SMARTS) is 1. The molecule has 0 spiro atoms. The van der Waals surface area contributed by atoms with Gasteiger partial charge in [-0.25, -0.2) is 0 Å². The van der Waals surface area contributed by atoms with Gasteiger partial charge >= 0.3 is 5.97 Å². The van der Waals surface area contributed by atoms with Gasteiger partial charge in [0.05, 0.1) is 0 Å². The van der Waals surface area contributed by atoms with Gasteiger partial charge in [-0.2, -0.15) is 11.8 Å². The van der Waals surface area contributed by atoms with E-state index in [0.29, 0.717) is 5.75 Å². The monoisotopic (exact) mass is 212 g/mol. The van der Waals surface area contributed by atoms with Crippen molar-refractivity contribution in [1.29, 1.82) is 0 Å². The molecule has 0 aliphatic heterocycles. The fourth-order valence-corrected chi connectivity index (χ4v) is 1.78. The van der Waals surface area contributed by atoms with Crippen LogP contribution in [-0.4, -0.2) is 27.9 Å². The van der Waals surface area contributed by atoms with Crippen LogP contribution in [0.1, 0.15) is 5.56 Å². The molecule has 0 unspecified atom stereocenters. The highest BCUT2D eigenvalue weighted by Gasteiger charge is 2.10. The van der Waals surface area contributed by atoms with Gasteiger partial charge in [0.2, 0.25) is 0 Å². The second-order valence-electron chi connectivity index (χ2n) is 2.82. The Labute approximate surface area is 86.5 Å². The Kier molecular flexibility index (Phi) is 4.42. The fourth-order valence-electron chi connectivity index (χ4n) is 0.859. The van der Waals surface area contributed by atoms with Gasteiger partial charge in [0.15, 0.2) is 0 Å². The van der Waals surface area contributed by atoms with Crippen molar-refractivity contribution >= 4 is 17.7 Å². The summed E-state index contributed by atoms with van der Waals surface area (Å²) in [6.45, 7) is 0. The van der Waals surface area contributed by atoms with Crippen LogP contribution in [-0.2, 0) is 10.5 Å². The molecule has 0 amide bonds. The molecule has 14 heavy (non-hydrogen) atoms. The average molecular weight is 212 g/mol. The lowest BCUT2D eigenvalue weighted by Crippen LogP contribution is -2.32. The molecule has 1 rings (SSSR count). The maximum Gasteiger partial charge on any atom is 0.321 e. The van der Waals surface area contributed by atoms with Gasteiger partial charge in [0.1, 0.15) is 6.04 Å². The van der Waals surface area contributed by atoms with Crippen LogP contribution in [0.2, 0.25) is 0 Å². The zero-order valence-electron chi connectivity index (χ0n) is 7.59. The highest BCUT2D eigenvalue weighted by atomic mass is 32.2. The van der Waals surface area contributed by atoms with Gasteiger partial charge in [0, 0.05) is 23.9 Å². The molecular formula is C9H12N2O2S. The van der Waals surface area contributed by atoms with Crippen LogP contribution >= 0.6 is 11.8 Å². The molecule has 1 aromatic rings. The molecule has 4 nitrogen and oxygen atoms in total. The smallest absolute Gasteiger partial charge is 0.321 e. The molecule has 76 valence electrons. The van der Waals surface area contributed by atoms with Gasteiger partial charge in [-0.1, -0.05) is 6.07 Å². The zero-order valence-corrected chi connectivity index (χ0v) is 8.41. The maximum absolute atomic E-state index is 10.4. The van der Waals surface area contributed by atoms with E-state index in [9.17, 15) is 4.79 Å². The number of pyridine rings is 1. The summed E-state index contributed by atoms with van der Waals surface area (Å²) in [4.78, 5) is 14.3. The Hall–Kier alpha value is -1.07. The van der Waals surface area contributed by atoms with E-state index in [0.717, 1.165) is 11.3 Å². The third-order valence-electron chi connectivity index (χ3n) is 1.61. The molecular weight excluding hydrogens is 200 g/mol. The Morgan fingerprint density at radius 2 is 2.50 bits per heavy atom. The van der Waals surface area contributed by atoms with Crippen molar-refractivity contribution in [2.45, 2.75) is 11.8 Å². The highest BCUT2D eigenvalue weighted by molar-refractivity contribution is 7.98.